The van der Waals surface area contributed by atoms with Crippen LogP contribution in [-0.2, 0) is 6.42 Å². The van der Waals surface area contributed by atoms with Crippen molar-refractivity contribution in [2.75, 3.05) is 0 Å². The van der Waals surface area contributed by atoms with Crippen molar-refractivity contribution in [2.45, 2.75) is 13.3 Å². The molecule has 0 saturated carbocycles. The average Bonchev–Trinajstić information content (AvgIpc) is 3.09. The lowest BCUT2D eigenvalue weighted by Crippen LogP contribution is -1.91. The van der Waals surface area contributed by atoms with Crippen LogP contribution in [0.15, 0.2) is 28.2 Å². The van der Waals surface area contributed by atoms with Crippen LogP contribution in [0.3, 0.4) is 0 Å². The predicted molar refractivity (Wildman–Crippen MR) is 71.9 cm³/mol. The molecule has 0 aliphatic heterocycles. The first kappa shape index (κ1) is 12.4. The van der Waals surface area contributed by atoms with Gasteiger partial charge in [0.25, 0.3) is 5.89 Å². The molecule has 0 amide bonds. The Morgan fingerprint density at radius 1 is 1.40 bits per heavy atom. The van der Waals surface area contributed by atoms with E-state index in [1.54, 1.807) is 29.7 Å². The van der Waals surface area contributed by atoms with Crippen molar-refractivity contribution < 1.29 is 4.52 Å². The summed E-state index contributed by atoms with van der Waals surface area (Å²) in [6, 6.07) is 5.32. The molecule has 3 heterocycles. The number of hydrogen-bond acceptors (Lipinski definition) is 7. The number of nitrogens with zero attached hydrogens (tertiary/aromatic N) is 5. The monoisotopic (exact) mass is 283 g/mol. The number of hydrogen-bond donors (Lipinski definition) is 0. The van der Waals surface area contributed by atoms with Gasteiger partial charge in [-0.3, -0.25) is 0 Å². The van der Waals surface area contributed by atoms with Crippen molar-refractivity contribution in [1.82, 2.24) is 20.1 Å². The van der Waals surface area contributed by atoms with Crippen LogP contribution in [0.25, 0.3) is 11.5 Å². The third-order valence-corrected chi connectivity index (χ3v) is 3.42. The molecule has 98 valence electrons. The zero-order chi connectivity index (χ0) is 13.9. The molecule has 0 fully saturated rings. The van der Waals surface area contributed by atoms with E-state index >= 15 is 0 Å². The summed E-state index contributed by atoms with van der Waals surface area (Å²) in [5, 5.41) is 15.7. The Bertz CT molecular complexity index is 786. The summed E-state index contributed by atoms with van der Waals surface area (Å²) in [7, 11) is 0. The summed E-state index contributed by atoms with van der Waals surface area (Å²) >= 11 is 1.59. The third kappa shape index (κ3) is 2.55. The molecular weight excluding hydrogens is 274 g/mol. The van der Waals surface area contributed by atoms with Crippen molar-refractivity contribution in [3.05, 3.63) is 45.9 Å². The number of aryl methyl sites for hydroxylation is 1. The second-order valence-corrected chi connectivity index (χ2v) is 5.15. The normalized spacial score (nSPS) is 10.4. The lowest BCUT2D eigenvalue weighted by atomic mass is 10.2. The molecule has 20 heavy (non-hydrogen) atoms. The number of nitriles is 1. The molecule has 6 nitrogen and oxygen atoms in total. The lowest BCUT2D eigenvalue weighted by molar-refractivity contribution is 0.423. The molecule has 3 aromatic heterocycles. The van der Waals surface area contributed by atoms with Crippen LogP contribution in [0, 0.1) is 18.3 Å². The minimum Gasteiger partial charge on any atom is -0.334 e. The van der Waals surface area contributed by atoms with E-state index in [0.29, 0.717) is 29.4 Å². The molecule has 0 radical (unpaired) electrons. The van der Waals surface area contributed by atoms with Crippen LogP contribution in [0.5, 0.6) is 0 Å². The Labute approximate surface area is 118 Å². The van der Waals surface area contributed by atoms with E-state index in [2.05, 4.69) is 20.1 Å². The predicted octanol–water partition coefficient (Wildman–Crippen LogP) is 2.36. The minimum absolute atomic E-state index is 0.317. The number of pyridine rings is 1. The Morgan fingerprint density at radius 3 is 3.05 bits per heavy atom. The summed E-state index contributed by atoms with van der Waals surface area (Å²) in [6.07, 6.45) is 2.07. The van der Waals surface area contributed by atoms with Crippen LogP contribution in [0.2, 0.25) is 0 Å². The molecule has 0 spiro atoms. The van der Waals surface area contributed by atoms with Crippen LogP contribution >= 0.6 is 11.3 Å². The summed E-state index contributed by atoms with van der Waals surface area (Å²) < 4.78 is 5.21. The molecule has 0 unspecified atom stereocenters. The highest BCUT2D eigenvalue weighted by Crippen LogP contribution is 2.18. The van der Waals surface area contributed by atoms with Crippen molar-refractivity contribution in [2.24, 2.45) is 0 Å². The van der Waals surface area contributed by atoms with E-state index in [4.69, 9.17) is 9.78 Å². The highest BCUT2D eigenvalue weighted by molar-refractivity contribution is 7.09. The van der Waals surface area contributed by atoms with Crippen molar-refractivity contribution >= 4 is 11.3 Å². The van der Waals surface area contributed by atoms with Gasteiger partial charge < -0.3 is 4.52 Å². The van der Waals surface area contributed by atoms with Crippen LogP contribution in [0.1, 0.15) is 22.2 Å². The first-order chi connectivity index (χ1) is 9.74. The van der Waals surface area contributed by atoms with E-state index in [1.807, 2.05) is 18.4 Å². The van der Waals surface area contributed by atoms with Gasteiger partial charge in [0.05, 0.1) is 17.1 Å². The molecule has 0 bridgehead atoms. The highest BCUT2D eigenvalue weighted by Gasteiger charge is 2.11. The second-order valence-electron chi connectivity index (χ2n) is 4.09. The van der Waals surface area contributed by atoms with Gasteiger partial charge in [-0.25, -0.2) is 9.97 Å². The smallest absolute Gasteiger partial charge is 0.258 e. The van der Waals surface area contributed by atoms with Gasteiger partial charge >= 0.3 is 0 Å². The SMILES string of the molecule is Cc1nc(Cc2noc(-c3ccnc(C#N)c3)n2)cs1. The quantitative estimate of drug-likeness (QED) is 0.733. The van der Waals surface area contributed by atoms with E-state index in [-0.39, 0.29) is 0 Å². The Kier molecular flexibility index (Phi) is 3.23. The molecule has 7 heteroatoms. The van der Waals surface area contributed by atoms with Crippen LogP contribution in [0.4, 0.5) is 0 Å². The molecule has 0 aliphatic rings. The number of rotatable bonds is 3. The average molecular weight is 283 g/mol. The molecule has 3 rings (SSSR count). The maximum Gasteiger partial charge on any atom is 0.258 e. The van der Waals surface area contributed by atoms with Crippen molar-refractivity contribution in [3.8, 4) is 17.5 Å². The first-order valence-electron chi connectivity index (χ1n) is 5.85. The Hall–Kier alpha value is -2.59. The highest BCUT2D eigenvalue weighted by atomic mass is 32.1. The molecule has 3 aromatic rings. The van der Waals surface area contributed by atoms with Gasteiger partial charge in [0.2, 0.25) is 0 Å². The van der Waals surface area contributed by atoms with Crippen LogP contribution < -0.4 is 0 Å². The standard InChI is InChI=1S/C13H9N5OS/c1-8-16-11(7-20-8)5-12-17-13(19-18-12)9-2-3-15-10(4-9)6-14/h2-4,7H,5H2,1H3. The molecule has 0 aromatic carbocycles. The van der Waals surface area contributed by atoms with E-state index in [9.17, 15) is 0 Å². The van der Waals surface area contributed by atoms with Gasteiger partial charge in [0, 0.05) is 17.1 Å². The van der Waals surface area contributed by atoms with Gasteiger partial charge in [-0.1, -0.05) is 5.16 Å². The van der Waals surface area contributed by atoms with Gasteiger partial charge in [-0.2, -0.15) is 10.2 Å². The fraction of sp³-hybridized carbons (Fsp3) is 0.154. The summed E-state index contributed by atoms with van der Waals surface area (Å²) in [4.78, 5) is 12.6. The molecule has 0 aliphatic carbocycles. The maximum absolute atomic E-state index is 8.83. The minimum atomic E-state index is 0.317. The summed E-state index contributed by atoms with van der Waals surface area (Å²) in [5.74, 6) is 0.950. The molecular formula is C13H9N5OS. The maximum atomic E-state index is 8.83. The third-order valence-electron chi connectivity index (χ3n) is 2.60. The summed E-state index contributed by atoms with van der Waals surface area (Å²) in [5.41, 5.74) is 1.93. The molecule has 0 N–H and O–H groups in total. The first-order valence-corrected chi connectivity index (χ1v) is 6.72. The largest absolute Gasteiger partial charge is 0.334 e. The van der Waals surface area contributed by atoms with E-state index in [0.717, 1.165) is 10.7 Å². The van der Waals surface area contributed by atoms with Crippen molar-refractivity contribution in [3.63, 3.8) is 0 Å². The zero-order valence-electron chi connectivity index (χ0n) is 10.6. The second kappa shape index (κ2) is 5.19. The topological polar surface area (TPSA) is 88.5 Å². The summed E-state index contributed by atoms with van der Waals surface area (Å²) in [6.45, 7) is 1.95. The van der Waals surface area contributed by atoms with Crippen molar-refractivity contribution in [1.29, 1.82) is 5.26 Å². The molecule has 0 saturated heterocycles. The van der Waals surface area contributed by atoms with Gasteiger partial charge in [0.1, 0.15) is 11.8 Å². The molecule has 0 atom stereocenters. The Balaban J connectivity index is 1.84. The van der Waals surface area contributed by atoms with Gasteiger partial charge in [-0.15, -0.1) is 11.3 Å². The lowest BCUT2D eigenvalue weighted by Gasteiger charge is -1.93. The zero-order valence-corrected chi connectivity index (χ0v) is 11.4. The Morgan fingerprint density at radius 2 is 2.30 bits per heavy atom. The fourth-order valence-electron chi connectivity index (χ4n) is 1.72. The number of aromatic nitrogens is 4. The van der Waals surface area contributed by atoms with Gasteiger partial charge in [0.15, 0.2) is 5.82 Å². The van der Waals surface area contributed by atoms with Crippen LogP contribution in [-0.4, -0.2) is 20.1 Å². The van der Waals surface area contributed by atoms with Gasteiger partial charge in [-0.05, 0) is 19.1 Å². The number of thiazole rings is 1. The van der Waals surface area contributed by atoms with E-state index in [1.165, 1.54) is 0 Å². The van der Waals surface area contributed by atoms with E-state index < -0.39 is 0 Å². The fourth-order valence-corrected chi connectivity index (χ4v) is 2.33.